The van der Waals surface area contributed by atoms with Gasteiger partial charge < -0.3 is 14.6 Å². The fraction of sp³-hybridized carbons (Fsp3) is 1.00. The fourth-order valence-corrected chi connectivity index (χ4v) is 1.39. The van der Waals surface area contributed by atoms with E-state index in [1.807, 2.05) is 0 Å². The summed E-state index contributed by atoms with van der Waals surface area (Å²) in [7, 11) is 0. The van der Waals surface area contributed by atoms with Gasteiger partial charge >= 0.3 is 0 Å². The normalized spacial score (nSPS) is 13.2. The Bertz CT molecular complexity index is 95.5. The van der Waals surface area contributed by atoms with E-state index in [2.05, 4.69) is 27.9 Å². The van der Waals surface area contributed by atoms with E-state index in [-0.39, 0.29) is 0 Å². The summed E-state index contributed by atoms with van der Waals surface area (Å²) in [5, 5.41) is 3.16. The monoisotopic (exact) mass is 305 g/mol. The van der Waals surface area contributed by atoms with Gasteiger partial charge in [-0.05, 0) is 0 Å². The van der Waals surface area contributed by atoms with Crippen molar-refractivity contribution in [3.63, 3.8) is 0 Å². The molecule has 0 aliphatic carbocycles. The van der Waals surface area contributed by atoms with E-state index in [0.717, 1.165) is 36.5 Å². The van der Waals surface area contributed by atoms with Gasteiger partial charge in [0.05, 0.1) is 19.5 Å². The smallest absolute Gasteiger partial charge is 0.117 e. The number of nitrogens with one attached hydrogen (secondary N) is 1. The van der Waals surface area contributed by atoms with E-state index in [1.165, 1.54) is 0 Å². The highest BCUT2D eigenvalue weighted by Gasteiger charge is 1.94. The SMILES string of the molecule is C[S+]([O-])CCNCCOCCI. The molecule has 74 valence electrons. The summed E-state index contributed by atoms with van der Waals surface area (Å²) in [6, 6.07) is 0. The summed E-state index contributed by atoms with van der Waals surface area (Å²) >= 11 is 1.60. The van der Waals surface area contributed by atoms with Gasteiger partial charge in [0.25, 0.3) is 0 Å². The third-order valence-electron chi connectivity index (χ3n) is 1.21. The second-order valence-corrected chi connectivity index (χ2v) is 4.96. The molecule has 0 aromatic heterocycles. The highest BCUT2D eigenvalue weighted by atomic mass is 127. The molecule has 0 saturated carbocycles. The molecule has 1 unspecified atom stereocenters. The van der Waals surface area contributed by atoms with Crippen LogP contribution in [0, 0.1) is 0 Å². The van der Waals surface area contributed by atoms with Gasteiger partial charge in [-0.2, -0.15) is 0 Å². The molecule has 0 fully saturated rings. The Morgan fingerprint density at radius 1 is 1.42 bits per heavy atom. The second kappa shape index (κ2) is 10.0. The minimum absolute atomic E-state index is 0.679. The molecule has 1 atom stereocenters. The zero-order chi connectivity index (χ0) is 9.23. The van der Waals surface area contributed by atoms with Crippen LogP contribution in [-0.4, -0.2) is 47.3 Å². The van der Waals surface area contributed by atoms with Crippen molar-refractivity contribution in [1.82, 2.24) is 5.32 Å². The average Bonchev–Trinajstić information content (AvgIpc) is 2.02. The fourth-order valence-electron chi connectivity index (χ4n) is 0.642. The molecule has 0 saturated heterocycles. The van der Waals surface area contributed by atoms with Crippen molar-refractivity contribution in [1.29, 1.82) is 0 Å². The first kappa shape index (κ1) is 13.0. The lowest BCUT2D eigenvalue weighted by Gasteiger charge is -2.06. The summed E-state index contributed by atoms with van der Waals surface area (Å²) in [6.07, 6.45) is 1.72. The summed E-state index contributed by atoms with van der Waals surface area (Å²) in [6.45, 7) is 3.24. The van der Waals surface area contributed by atoms with Crippen molar-refractivity contribution < 1.29 is 9.29 Å². The molecule has 0 spiro atoms. The van der Waals surface area contributed by atoms with Gasteiger partial charge in [0.2, 0.25) is 0 Å². The molecule has 0 aromatic carbocycles. The van der Waals surface area contributed by atoms with E-state index in [0.29, 0.717) is 0 Å². The van der Waals surface area contributed by atoms with Gasteiger partial charge in [0, 0.05) is 17.5 Å². The van der Waals surface area contributed by atoms with Crippen LogP contribution in [0.15, 0.2) is 0 Å². The summed E-state index contributed by atoms with van der Waals surface area (Å²) < 4.78 is 16.9. The van der Waals surface area contributed by atoms with Gasteiger partial charge in [-0.1, -0.05) is 33.8 Å². The minimum Gasteiger partial charge on any atom is -0.617 e. The van der Waals surface area contributed by atoms with Crippen LogP contribution >= 0.6 is 22.6 Å². The van der Waals surface area contributed by atoms with Gasteiger partial charge in [0.1, 0.15) is 5.75 Å². The van der Waals surface area contributed by atoms with E-state index < -0.39 is 11.2 Å². The minimum atomic E-state index is -0.679. The highest BCUT2D eigenvalue weighted by Crippen LogP contribution is 1.82. The van der Waals surface area contributed by atoms with E-state index in [1.54, 1.807) is 6.26 Å². The number of halogens is 1. The summed E-state index contributed by atoms with van der Waals surface area (Å²) in [4.78, 5) is 0. The predicted molar refractivity (Wildman–Crippen MR) is 61.5 cm³/mol. The molecule has 5 heteroatoms. The second-order valence-electron chi connectivity index (χ2n) is 2.33. The topological polar surface area (TPSA) is 44.3 Å². The predicted octanol–water partition coefficient (Wildman–Crippen LogP) is 0.406. The van der Waals surface area contributed by atoms with Crippen molar-refractivity contribution >= 4 is 33.8 Å². The molecule has 0 rings (SSSR count). The molecular formula is C7H16INO2S. The maximum absolute atomic E-state index is 10.6. The number of alkyl halides is 1. The van der Waals surface area contributed by atoms with Crippen molar-refractivity contribution in [2.75, 3.05) is 42.7 Å². The molecule has 12 heavy (non-hydrogen) atoms. The van der Waals surface area contributed by atoms with Crippen LogP contribution < -0.4 is 5.32 Å². The highest BCUT2D eigenvalue weighted by molar-refractivity contribution is 14.1. The Kier molecular flexibility index (Phi) is 10.8. The summed E-state index contributed by atoms with van der Waals surface area (Å²) in [5.74, 6) is 0.728. The molecule has 0 radical (unpaired) electrons. The lowest BCUT2D eigenvalue weighted by molar-refractivity contribution is 0.154. The van der Waals surface area contributed by atoms with Gasteiger partial charge in [-0.25, -0.2) is 0 Å². The van der Waals surface area contributed by atoms with E-state index in [9.17, 15) is 4.55 Å². The van der Waals surface area contributed by atoms with Crippen LogP contribution in [0.5, 0.6) is 0 Å². The largest absolute Gasteiger partial charge is 0.617 e. The zero-order valence-electron chi connectivity index (χ0n) is 7.35. The third-order valence-corrected chi connectivity index (χ3v) is 2.43. The number of hydrogen-bond donors (Lipinski definition) is 1. The van der Waals surface area contributed by atoms with Crippen molar-refractivity contribution in [2.24, 2.45) is 0 Å². The molecule has 0 bridgehead atoms. The number of ether oxygens (including phenoxy) is 1. The molecule has 0 heterocycles. The van der Waals surface area contributed by atoms with Gasteiger partial charge in [-0.3, -0.25) is 0 Å². The Balaban J connectivity index is 2.82. The first-order valence-corrected chi connectivity index (χ1v) is 7.17. The van der Waals surface area contributed by atoms with Gasteiger partial charge in [0.15, 0.2) is 0 Å². The Hall–Kier alpha value is 0.960. The van der Waals surface area contributed by atoms with Gasteiger partial charge in [-0.15, -0.1) is 0 Å². The number of hydrogen-bond acceptors (Lipinski definition) is 3. The van der Waals surface area contributed by atoms with Crippen LogP contribution in [-0.2, 0) is 15.9 Å². The van der Waals surface area contributed by atoms with Crippen molar-refractivity contribution in [3.05, 3.63) is 0 Å². The average molecular weight is 305 g/mol. The van der Waals surface area contributed by atoms with Crippen LogP contribution in [0.2, 0.25) is 0 Å². The maximum Gasteiger partial charge on any atom is 0.117 e. The van der Waals surface area contributed by atoms with E-state index in [4.69, 9.17) is 4.74 Å². The summed E-state index contributed by atoms with van der Waals surface area (Å²) in [5.41, 5.74) is 0. The van der Waals surface area contributed by atoms with Crippen molar-refractivity contribution in [2.45, 2.75) is 0 Å². The van der Waals surface area contributed by atoms with Crippen molar-refractivity contribution in [3.8, 4) is 0 Å². The molecule has 0 aromatic rings. The first-order chi connectivity index (χ1) is 5.77. The van der Waals surface area contributed by atoms with Crippen LogP contribution in [0.3, 0.4) is 0 Å². The van der Waals surface area contributed by atoms with Crippen LogP contribution in [0.25, 0.3) is 0 Å². The third kappa shape index (κ3) is 11.0. The zero-order valence-corrected chi connectivity index (χ0v) is 10.3. The Morgan fingerprint density at radius 2 is 2.17 bits per heavy atom. The molecule has 1 N–H and O–H groups in total. The lowest BCUT2D eigenvalue weighted by atomic mass is 10.6. The van der Waals surface area contributed by atoms with Crippen LogP contribution in [0.4, 0.5) is 0 Å². The van der Waals surface area contributed by atoms with Crippen LogP contribution in [0.1, 0.15) is 0 Å². The maximum atomic E-state index is 10.6. The van der Waals surface area contributed by atoms with E-state index >= 15 is 0 Å². The molecule has 0 aliphatic heterocycles. The molecule has 0 amide bonds. The molecule has 0 aliphatic rings. The Labute approximate surface area is 90.9 Å². The number of rotatable bonds is 8. The Morgan fingerprint density at radius 3 is 2.75 bits per heavy atom. The first-order valence-electron chi connectivity index (χ1n) is 3.92. The standard InChI is InChI=1S/C7H16INO2S/c1-12(10)7-4-9-3-6-11-5-2-8/h9H,2-7H2,1H3. The lowest BCUT2D eigenvalue weighted by Crippen LogP contribution is -2.26. The molecular weight excluding hydrogens is 289 g/mol. The molecule has 3 nitrogen and oxygen atoms in total. The quantitative estimate of drug-likeness (QED) is 0.306.